The van der Waals surface area contributed by atoms with Gasteiger partial charge in [-0.05, 0) is 43.2 Å². The van der Waals surface area contributed by atoms with Crippen molar-refractivity contribution in [3.63, 3.8) is 0 Å². The normalized spacial score (nSPS) is 21.9. The SMILES string of the molecule is COC(=O)C[C@H]1CC[C@@H]2[C@@H](COc3ccc(NC(=O)c4cc(F)cc(F)c4)cc3C(=O)N2C)O1. The fourth-order valence-corrected chi connectivity index (χ4v) is 4.26. The van der Waals surface area contributed by atoms with E-state index >= 15 is 0 Å². The quantitative estimate of drug-likeness (QED) is 0.685. The summed E-state index contributed by atoms with van der Waals surface area (Å²) in [7, 11) is 2.99. The summed E-state index contributed by atoms with van der Waals surface area (Å²) in [5, 5.41) is 2.55. The fraction of sp³-hybridized carbons (Fsp3) is 0.375. The van der Waals surface area contributed by atoms with E-state index in [2.05, 4.69) is 5.32 Å². The van der Waals surface area contributed by atoms with E-state index in [-0.39, 0.29) is 53.9 Å². The van der Waals surface area contributed by atoms with E-state index in [4.69, 9.17) is 14.2 Å². The van der Waals surface area contributed by atoms with Gasteiger partial charge in [0.05, 0.1) is 31.2 Å². The number of nitrogens with zero attached hydrogens (tertiary/aromatic N) is 1. The Labute approximate surface area is 194 Å². The van der Waals surface area contributed by atoms with Crippen molar-refractivity contribution in [1.82, 2.24) is 4.90 Å². The Bertz CT molecular complexity index is 1100. The van der Waals surface area contributed by atoms with E-state index in [1.165, 1.54) is 25.3 Å². The molecule has 0 spiro atoms. The minimum Gasteiger partial charge on any atom is -0.490 e. The lowest BCUT2D eigenvalue weighted by Gasteiger charge is -2.42. The van der Waals surface area contributed by atoms with Gasteiger partial charge in [-0.3, -0.25) is 14.4 Å². The predicted octanol–water partition coefficient (Wildman–Crippen LogP) is 3.16. The lowest BCUT2D eigenvalue weighted by molar-refractivity contribution is -0.151. The van der Waals surface area contributed by atoms with Crippen molar-refractivity contribution >= 4 is 23.5 Å². The van der Waals surface area contributed by atoms with Crippen LogP contribution in [-0.2, 0) is 14.3 Å². The molecule has 10 heteroatoms. The van der Waals surface area contributed by atoms with Crippen LogP contribution >= 0.6 is 0 Å². The molecule has 8 nitrogen and oxygen atoms in total. The summed E-state index contributed by atoms with van der Waals surface area (Å²) in [6, 6.07) is 6.79. The first-order valence-electron chi connectivity index (χ1n) is 10.8. The molecule has 2 aliphatic heterocycles. The number of hydrogen-bond donors (Lipinski definition) is 1. The first kappa shape index (κ1) is 23.6. The van der Waals surface area contributed by atoms with Crippen LogP contribution in [0.4, 0.5) is 14.5 Å². The van der Waals surface area contributed by atoms with Crippen LogP contribution in [0.5, 0.6) is 5.75 Å². The molecule has 0 aliphatic carbocycles. The maximum Gasteiger partial charge on any atom is 0.308 e. The van der Waals surface area contributed by atoms with Crippen LogP contribution in [0.25, 0.3) is 0 Å². The second kappa shape index (κ2) is 9.76. The predicted molar refractivity (Wildman–Crippen MR) is 117 cm³/mol. The van der Waals surface area contributed by atoms with Crippen molar-refractivity contribution in [2.45, 2.75) is 37.5 Å². The second-order valence-corrected chi connectivity index (χ2v) is 8.27. The Morgan fingerprint density at radius 2 is 1.88 bits per heavy atom. The Morgan fingerprint density at radius 1 is 1.15 bits per heavy atom. The van der Waals surface area contributed by atoms with Crippen molar-refractivity contribution in [2.24, 2.45) is 0 Å². The average molecular weight is 474 g/mol. The number of likely N-dealkylation sites (N-methyl/N-ethyl adjacent to an activating group) is 1. The highest BCUT2D eigenvalue weighted by Crippen LogP contribution is 2.32. The standard InChI is InChI=1S/C24H24F2N2O6/c1-28-19-5-4-17(11-22(29)32-2)34-21(19)12-33-20-6-3-16(10-18(20)24(28)31)27-23(30)13-7-14(25)9-15(26)8-13/h3,6-10,17,19,21H,4-5,11-12H2,1-2H3,(H,27,30)/t17-,19-,21-/m1/s1. The molecule has 1 N–H and O–H groups in total. The number of fused-ring (bicyclic) bond motifs is 2. The zero-order chi connectivity index (χ0) is 24.4. The molecule has 0 unspecified atom stereocenters. The zero-order valence-corrected chi connectivity index (χ0v) is 18.7. The number of benzene rings is 2. The van der Waals surface area contributed by atoms with Crippen molar-refractivity contribution in [3.8, 4) is 5.75 Å². The first-order valence-corrected chi connectivity index (χ1v) is 10.8. The lowest BCUT2D eigenvalue weighted by atomic mass is 9.94. The van der Waals surface area contributed by atoms with Gasteiger partial charge in [0.15, 0.2) is 0 Å². The van der Waals surface area contributed by atoms with Crippen LogP contribution in [0.2, 0.25) is 0 Å². The van der Waals surface area contributed by atoms with Gasteiger partial charge in [0.2, 0.25) is 0 Å². The maximum absolute atomic E-state index is 13.5. The van der Waals surface area contributed by atoms with Crippen LogP contribution in [-0.4, -0.2) is 61.7 Å². The molecule has 4 rings (SSSR count). The second-order valence-electron chi connectivity index (χ2n) is 8.27. The summed E-state index contributed by atoms with van der Waals surface area (Å²) in [5.41, 5.74) is 0.322. The third-order valence-corrected chi connectivity index (χ3v) is 6.02. The van der Waals surface area contributed by atoms with Gasteiger partial charge in [0, 0.05) is 24.4 Å². The van der Waals surface area contributed by atoms with Crippen LogP contribution in [0.3, 0.4) is 0 Å². The molecule has 1 fully saturated rings. The molecule has 0 saturated carbocycles. The minimum absolute atomic E-state index is 0.131. The number of hydrogen-bond acceptors (Lipinski definition) is 6. The Balaban J connectivity index is 1.52. The number of esters is 1. The number of carbonyl (C=O) groups excluding carboxylic acids is 3. The number of ether oxygens (including phenoxy) is 3. The van der Waals surface area contributed by atoms with E-state index in [0.29, 0.717) is 24.7 Å². The Kier molecular flexibility index (Phi) is 6.78. The highest BCUT2D eigenvalue weighted by Gasteiger charge is 2.39. The summed E-state index contributed by atoms with van der Waals surface area (Å²) in [6.07, 6.45) is 0.597. The summed E-state index contributed by atoms with van der Waals surface area (Å²) in [5.74, 6) is -2.83. The first-order chi connectivity index (χ1) is 16.2. The fourth-order valence-electron chi connectivity index (χ4n) is 4.26. The highest BCUT2D eigenvalue weighted by atomic mass is 19.1. The number of carbonyl (C=O) groups is 3. The topological polar surface area (TPSA) is 94.2 Å². The van der Waals surface area contributed by atoms with E-state index in [1.54, 1.807) is 11.9 Å². The number of halogens is 2. The minimum atomic E-state index is -0.869. The van der Waals surface area contributed by atoms with Crippen molar-refractivity contribution < 1.29 is 37.4 Å². The molecule has 0 aromatic heterocycles. The van der Waals surface area contributed by atoms with E-state index in [9.17, 15) is 23.2 Å². The molecule has 2 amide bonds. The van der Waals surface area contributed by atoms with Gasteiger partial charge >= 0.3 is 5.97 Å². The molecule has 2 aliphatic rings. The molecule has 0 radical (unpaired) electrons. The monoisotopic (exact) mass is 474 g/mol. The van der Waals surface area contributed by atoms with Gasteiger partial charge in [-0.15, -0.1) is 0 Å². The van der Waals surface area contributed by atoms with Crippen molar-refractivity contribution in [3.05, 3.63) is 59.2 Å². The third kappa shape index (κ3) is 5.01. The summed E-state index contributed by atoms with van der Waals surface area (Å²) < 4.78 is 43.5. The van der Waals surface area contributed by atoms with Crippen molar-refractivity contribution in [2.75, 3.05) is 26.1 Å². The molecule has 1 saturated heterocycles. The Morgan fingerprint density at radius 3 is 2.59 bits per heavy atom. The number of nitrogens with one attached hydrogen (secondary N) is 1. The zero-order valence-electron chi connectivity index (χ0n) is 18.7. The average Bonchev–Trinajstić information content (AvgIpc) is 2.81. The van der Waals surface area contributed by atoms with Gasteiger partial charge in [-0.2, -0.15) is 0 Å². The highest BCUT2D eigenvalue weighted by molar-refractivity contribution is 6.05. The van der Waals surface area contributed by atoms with Crippen LogP contribution in [0.1, 0.15) is 40.0 Å². The number of rotatable bonds is 4. The van der Waals surface area contributed by atoms with Crippen LogP contribution in [0.15, 0.2) is 36.4 Å². The molecular weight excluding hydrogens is 450 g/mol. The summed E-state index contributed by atoms with van der Waals surface area (Å²) in [6.45, 7) is 0.168. The summed E-state index contributed by atoms with van der Waals surface area (Å²) in [4.78, 5) is 38.9. The molecular formula is C24H24F2N2O6. The molecule has 2 aromatic carbocycles. The van der Waals surface area contributed by atoms with Gasteiger partial charge < -0.3 is 24.4 Å². The van der Waals surface area contributed by atoms with Gasteiger partial charge in [-0.1, -0.05) is 0 Å². The molecule has 2 heterocycles. The van der Waals surface area contributed by atoms with E-state index < -0.39 is 23.6 Å². The number of amides is 2. The lowest BCUT2D eigenvalue weighted by Crippen LogP contribution is -2.53. The Hall–Kier alpha value is -3.53. The molecule has 34 heavy (non-hydrogen) atoms. The number of methoxy groups -OCH3 is 1. The summed E-state index contributed by atoms with van der Waals surface area (Å²) >= 11 is 0. The van der Waals surface area contributed by atoms with Gasteiger partial charge in [0.1, 0.15) is 30.1 Å². The smallest absolute Gasteiger partial charge is 0.308 e. The third-order valence-electron chi connectivity index (χ3n) is 6.02. The van der Waals surface area contributed by atoms with Crippen molar-refractivity contribution in [1.29, 1.82) is 0 Å². The van der Waals surface area contributed by atoms with Gasteiger partial charge in [0.25, 0.3) is 11.8 Å². The number of anilines is 1. The molecule has 0 bridgehead atoms. The maximum atomic E-state index is 13.5. The van der Waals surface area contributed by atoms with Crippen LogP contribution in [0, 0.1) is 11.6 Å². The van der Waals surface area contributed by atoms with E-state index in [0.717, 1.165) is 12.1 Å². The van der Waals surface area contributed by atoms with Gasteiger partial charge in [-0.25, -0.2) is 8.78 Å². The molecule has 3 atom stereocenters. The van der Waals surface area contributed by atoms with E-state index in [1.807, 2.05) is 0 Å². The van der Waals surface area contributed by atoms with Crippen LogP contribution < -0.4 is 10.1 Å². The molecule has 2 aromatic rings. The molecule has 180 valence electrons. The largest absolute Gasteiger partial charge is 0.490 e.